The summed E-state index contributed by atoms with van der Waals surface area (Å²) in [7, 11) is 1.83. The Hall–Kier alpha value is -3.60. The second-order valence-corrected chi connectivity index (χ2v) is 9.25. The van der Waals surface area contributed by atoms with Crippen LogP contribution in [-0.4, -0.2) is 49.9 Å². The standard InChI is InChI=1S/C25H26F3N7O/c1-17-21(22(36)35(33(17)2)19-11-5-3-6-12-19)29-24(14-7-4-8-15-24)23-30-31-32-34(23)20-13-9-10-18(16-20)25(26,27)28/h3,5-6,9-13,16-17H,4,7-8,14-15H2,1-2H3. The number of hydrogen-bond acceptors (Lipinski definition) is 6. The number of benzene rings is 2. The van der Waals surface area contributed by atoms with Gasteiger partial charge in [-0.25, -0.2) is 10.0 Å². The summed E-state index contributed by atoms with van der Waals surface area (Å²) in [5, 5.41) is 15.5. The number of amides is 1. The number of rotatable bonds is 4. The first-order valence-electron chi connectivity index (χ1n) is 11.9. The molecule has 1 aliphatic heterocycles. The molecular formula is C25H26F3N7O. The number of hydrazine groups is 1. The SMILES string of the molecule is CC1C(=NC2(c3nnnn3-c3cccc(C(F)(F)F)c3)CCCCC2)C(=O)N(c2ccccc2)N1C. The van der Waals surface area contributed by atoms with Gasteiger partial charge in [-0.3, -0.25) is 9.79 Å². The fourth-order valence-electron chi connectivity index (χ4n) is 5.01. The highest BCUT2D eigenvalue weighted by atomic mass is 19.4. The molecule has 0 spiro atoms. The summed E-state index contributed by atoms with van der Waals surface area (Å²) < 4.78 is 41.5. The van der Waals surface area contributed by atoms with Gasteiger partial charge in [-0.05, 0) is 60.5 Å². The Morgan fingerprint density at radius 2 is 1.69 bits per heavy atom. The third-order valence-electron chi connectivity index (χ3n) is 7.00. The molecular weight excluding hydrogens is 471 g/mol. The van der Waals surface area contributed by atoms with Crippen molar-refractivity contribution in [1.29, 1.82) is 0 Å². The summed E-state index contributed by atoms with van der Waals surface area (Å²) in [6.45, 7) is 1.91. The van der Waals surface area contributed by atoms with E-state index in [0.29, 0.717) is 24.4 Å². The van der Waals surface area contributed by atoms with Crippen molar-refractivity contribution < 1.29 is 18.0 Å². The van der Waals surface area contributed by atoms with Gasteiger partial charge < -0.3 is 0 Å². The molecule has 0 radical (unpaired) electrons. The molecule has 2 fully saturated rings. The van der Waals surface area contributed by atoms with Crippen molar-refractivity contribution >= 4 is 17.3 Å². The molecule has 1 unspecified atom stereocenters. The average molecular weight is 498 g/mol. The van der Waals surface area contributed by atoms with Crippen LogP contribution in [-0.2, 0) is 16.5 Å². The molecule has 0 bridgehead atoms. The van der Waals surface area contributed by atoms with E-state index < -0.39 is 17.3 Å². The van der Waals surface area contributed by atoms with Crippen molar-refractivity contribution in [1.82, 2.24) is 25.2 Å². The molecule has 1 saturated heterocycles. The average Bonchev–Trinajstić information content (AvgIpc) is 3.45. The third-order valence-corrected chi connectivity index (χ3v) is 7.00. The molecule has 2 aliphatic rings. The molecule has 1 saturated carbocycles. The summed E-state index contributed by atoms with van der Waals surface area (Å²) in [4.78, 5) is 18.6. The molecule has 2 aromatic carbocycles. The monoisotopic (exact) mass is 497 g/mol. The number of nitrogens with zero attached hydrogens (tertiary/aromatic N) is 7. The zero-order valence-electron chi connectivity index (χ0n) is 20.0. The van der Waals surface area contributed by atoms with E-state index in [-0.39, 0.29) is 17.6 Å². The minimum atomic E-state index is -4.50. The molecule has 1 atom stereocenters. The van der Waals surface area contributed by atoms with Gasteiger partial charge in [0.05, 0.1) is 23.0 Å². The molecule has 3 aromatic rings. The van der Waals surface area contributed by atoms with Crippen molar-refractivity contribution in [3.05, 3.63) is 66.0 Å². The number of hydrogen-bond donors (Lipinski definition) is 0. The van der Waals surface area contributed by atoms with Crippen LogP contribution in [0.15, 0.2) is 59.6 Å². The van der Waals surface area contributed by atoms with Crippen LogP contribution in [0.4, 0.5) is 18.9 Å². The second-order valence-electron chi connectivity index (χ2n) is 9.25. The lowest BCUT2D eigenvalue weighted by Gasteiger charge is -2.33. The van der Waals surface area contributed by atoms with Crippen LogP contribution >= 0.6 is 0 Å². The molecule has 188 valence electrons. The Kier molecular flexibility index (Phi) is 6.11. The van der Waals surface area contributed by atoms with Crippen molar-refractivity contribution in [2.45, 2.75) is 56.8 Å². The van der Waals surface area contributed by atoms with E-state index in [1.165, 1.54) is 16.8 Å². The Balaban J connectivity index is 1.60. The summed E-state index contributed by atoms with van der Waals surface area (Å²) in [6.07, 6.45) is -0.642. The predicted molar refractivity (Wildman–Crippen MR) is 128 cm³/mol. The molecule has 1 aliphatic carbocycles. The molecule has 1 aromatic heterocycles. The molecule has 5 rings (SSSR count). The Morgan fingerprint density at radius 3 is 2.39 bits per heavy atom. The van der Waals surface area contributed by atoms with Crippen molar-refractivity contribution in [3.63, 3.8) is 0 Å². The lowest BCUT2D eigenvalue weighted by Crippen LogP contribution is -2.38. The van der Waals surface area contributed by atoms with Gasteiger partial charge in [-0.15, -0.1) is 5.10 Å². The van der Waals surface area contributed by atoms with Crippen molar-refractivity contribution in [2.24, 2.45) is 4.99 Å². The number of para-hydroxylation sites is 1. The number of aromatic nitrogens is 4. The van der Waals surface area contributed by atoms with E-state index in [0.717, 1.165) is 37.1 Å². The van der Waals surface area contributed by atoms with E-state index in [1.807, 2.05) is 49.3 Å². The van der Waals surface area contributed by atoms with Crippen LogP contribution < -0.4 is 5.01 Å². The van der Waals surface area contributed by atoms with E-state index >= 15 is 0 Å². The number of alkyl halides is 3. The Morgan fingerprint density at radius 1 is 1.00 bits per heavy atom. The zero-order chi connectivity index (χ0) is 25.5. The zero-order valence-corrected chi connectivity index (χ0v) is 20.0. The number of tetrazole rings is 1. The highest BCUT2D eigenvalue weighted by molar-refractivity contribution is 6.47. The molecule has 36 heavy (non-hydrogen) atoms. The minimum absolute atomic E-state index is 0.198. The quantitative estimate of drug-likeness (QED) is 0.528. The van der Waals surface area contributed by atoms with Crippen LogP contribution in [0.1, 0.15) is 50.4 Å². The normalized spacial score (nSPS) is 21.9. The van der Waals surface area contributed by atoms with E-state index in [4.69, 9.17) is 4.99 Å². The number of halogens is 3. The minimum Gasteiger partial charge on any atom is -0.267 e. The molecule has 1 amide bonds. The van der Waals surface area contributed by atoms with E-state index in [1.54, 1.807) is 5.01 Å². The van der Waals surface area contributed by atoms with Gasteiger partial charge in [0, 0.05) is 7.05 Å². The van der Waals surface area contributed by atoms with Gasteiger partial charge in [0.25, 0.3) is 5.91 Å². The summed E-state index contributed by atoms with van der Waals surface area (Å²) in [5.41, 5.74) is -0.410. The van der Waals surface area contributed by atoms with Crippen LogP contribution in [0.3, 0.4) is 0 Å². The van der Waals surface area contributed by atoms with Crippen LogP contribution in [0.5, 0.6) is 0 Å². The lowest BCUT2D eigenvalue weighted by molar-refractivity contribution is -0.137. The highest BCUT2D eigenvalue weighted by Crippen LogP contribution is 2.42. The van der Waals surface area contributed by atoms with Crippen LogP contribution in [0, 0.1) is 0 Å². The first kappa shape index (κ1) is 24.1. The van der Waals surface area contributed by atoms with Gasteiger partial charge in [-0.1, -0.05) is 43.5 Å². The number of carbonyl (C=O) groups is 1. The molecule has 11 heteroatoms. The smallest absolute Gasteiger partial charge is 0.267 e. The van der Waals surface area contributed by atoms with Gasteiger partial charge in [0.15, 0.2) is 5.82 Å². The fourth-order valence-corrected chi connectivity index (χ4v) is 5.01. The van der Waals surface area contributed by atoms with Gasteiger partial charge in [0.1, 0.15) is 11.3 Å². The largest absolute Gasteiger partial charge is 0.416 e. The molecule has 8 nitrogen and oxygen atoms in total. The molecule has 2 heterocycles. The third kappa shape index (κ3) is 4.17. The first-order chi connectivity index (χ1) is 17.2. The van der Waals surface area contributed by atoms with Crippen molar-refractivity contribution in [2.75, 3.05) is 12.1 Å². The second kappa shape index (κ2) is 9.12. The maximum absolute atomic E-state index is 13.6. The van der Waals surface area contributed by atoms with Gasteiger partial charge >= 0.3 is 6.18 Å². The van der Waals surface area contributed by atoms with Crippen LogP contribution in [0.25, 0.3) is 5.69 Å². The maximum Gasteiger partial charge on any atom is 0.416 e. The number of aliphatic imine (C=N–C) groups is 1. The Bertz CT molecular complexity index is 1280. The number of carbonyl (C=O) groups excluding carboxylic acids is 1. The number of anilines is 1. The maximum atomic E-state index is 13.6. The Labute approximate surface area is 206 Å². The summed E-state index contributed by atoms with van der Waals surface area (Å²) in [6, 6.07) is 13.9. The highest BCUT2D eigenvalue weighted by Gasteiger charge is 2.45. The summed E-state index contributed by atoms with van der Waals surface area (Å²) >= 11 is 0. The molecule has 0 N–H and O–H groups in total. The predicted octanol–water partition coefficient (Wildman–Crippen LogP) is 4.56. The lowest BCUT2D eigenvalue weighted by atomic mass is 9.81. The first-order valence-corrected chi connectivity index (χ1v) is 11.9. The topological polar surface area (TPSA) is 79.5 Å². The van der Waals surface area contributed by atoms with Crippen molar-refractivity contribution in [3.8, 4) is 5.69 Å². The van der Waals surface area contributed by atoms with Crippen LogP contribution in [0.2, 0.25) is 0 Å². The van der Waals surface area contributed by atoms with E-state index in [2.05, 4.69) is 15.5 Å². The van der Waals surface area contributed by atoms with Gasteiger partial charge in [0.2, 0.25) is 0 Å². The van der Waals surface area contributed by atoms with Gasteiger partial charge in [-0.2, -0.15) is 17.9 Å². The fraction of sp³-hybridized carbons (Fsp3) is 0.400. The van der Waals surface area contributed by atoms with E-state index in [9.17, 15) is 18.0 Å². The summed E-state index contributed by atoms with van der Waals surface area (Å²) in [5.74, 6) is 0.106.